The number of aryl methyl sites for hydroxylation is 1. The molecule has 0 saturated heterocycles. The molecule has 140 valence electrons. The summed E-state index contributed by atoms with van der Waals surface area (Å²) in [6, 6.07) is 12.5. The number of carbonyl (C=O) groups excluding carboxylic acids is 1. The fourth-order valence-corrected chi connectivity index (χ4v) is 3.86. The van der Waals surface area contributed by atoms with Gasteiger partial charge in [-0.1, -0.05) is 18.2 Å². The molecule has 27 heavy (non-hydrogen) atoms. The molecular formula is C19H21N4O3S+. The topological polar surface area (TPSA) is 89.6 Å². The molecule has 0 aliphatic carbocycles. The van der Waals surface area contributed by atoms with Crippen molar-refractivity contribution in [2.24, 2.45) is 0 Å². The van der Waals surface area contributed by atoms with Gasteiger partial charge in [0.25, 0.3) is 11.6 Å². The van der Waals surface area contributed by atoms with Crippen LogP contribution >= 0.6 is 11.3 Å². The fraction of sp³-hybridized carbons (Fsp3) is 0.263. The number of quaternary nitrogens is 1. The van der Waals surface area contributed by atoms with E-state index < -0.39 is 4.92 Å². The maximum atomic E-state index is 12.4. The molecule has 0 bridgehead atoms. The molecule has 1 heterocycles. The Labute approximate surface area is 160 Å². The highest BCUT2D eigenvalue weighted by Crippen LogP contribution is 2.25. The lowest BCUT2D eigenvalue weighted by molar-refractivity contribution is -0.902. The van der Waals surface area contributed by atoms with Crippen molar-refractivity contribution in [2.75, 3.05) is 18.9 Å². The van der Waals surface area contributed by atoms with Crippen LogP contribution in [0, 0.1) is 17.0 Å². The molecule has 0 fully saturated rings. The number of nitro benzene ring substituents is 1. The van der Waals surface area contributed by atoms with E-state index in [2.05, 4.69) is 10.3 Å². The van der Waals surface area contributed by atoms with Crippen LogP contribution < -0.4 is 10.2 Å². The van der Waals surface area contributed by atoms with E-state index in [0.29, 0.717) is 5.69 Å². The van der Waals surface area contributed by atoms with Crippen LogP contribution in [0.15, 0.2) is 42.5 Å². The Balaban J connectivity index is 1.68. The zero-order valence-electron chi connectivity index (χ0n) is 15.4. The van der Waals surface area contributed by atoms with Crippen LogP contribution in [-0.2, 0) is 4.79 Å². The third-order valence-corrected chi connectivity index (χ3v) is 5.78. The van der Waals surface area contributed by atoms with Crippen molar-refractivity contribution in [2.45, 2.75) is 19.9 Å². The molecular weight excluding hydrogens is 364 g/mol. The van der Waals surface area contributed by atoms with E-state index in [1.165, 1.54) is 12.1 Å². The SMILES string of the molecule is Cc1ccc([N+](=O)[O-])cc1NC(=O)C[NH+](C)[C@H](C)c1nc2ccccc2s1. The summed E-state index contributed by atoms with van der Waals surface area (Å²) in [5.41, 5.74) is 2.17. The van der Waals surface area contributed by atoms with Crippen molar-refractivity contribution < 1.29 is 14.6 Å². The smallest absolute Gasteiger partial charge is 0.279 e. The molecule has 0 spiro atoms. The molecule has 2 N–H and O–H groups in total. The lowest BCUT2D eigenvalue weighted by Gasteiger charge is -2.19. The van der Waals surface area contributed by atoms with Crippen LogP contribution in [0.1, 0.15) is 23.5 Å². The van der Waals surface area contributed by atoms with Crippen LogP contribution in [0.25, 0.3) is 10.2 Å². The van der Waals surface area contributed by atoms with Crippen LogP contribution in [-0.4, -0.2) is 29.4 Å². The third-order valence-electron chi connectivity index (χ3n) is 4.57. The van der Waals surface area contributed by atoms with Crippen molar-refractivity contribution >= 4 is 38.8 Å². The first kappa shape index (κ1) is 18.9. The second-order valence-electron chi connectivity index (χ2n) is 6.57. The normalized spacial score (nSPS) is 13.3. The molecule has 3 aromatic rings. The zero-order chi connectivity index (χ0) is 19.6. The minimum Gasteiger partial charge on any atom is -0.322 e. The largest absolute Gasteiger partial charge is 0.322 e. The molecule has 1 aromatic heterocycles. The summed E-state index contributed by atoms with van der Waals surface area (Å²) >= 11 is 1.63. The standard InChI is InChI=1S/C19H20N4O3S/c1-12-8-9-14(23(25)26)10-16(12)20-18(24)11-22(3)13(2)19-21-15-6-4-5-7-17(15)27-19/h4-10,13H,11H2,1-3H3,(H,20,24)/p+1/t13-/m1/s1. The van der Waals surface area contributed by atoms with Gasteiger partial charge in [-0.05, 0) is 31.5 Å². The van der Waals surface area contributed by atoms with Gasteiger partial charge in [-0.25, -0.2) is 4.98 Å². The Morgan fingerprint density at radius 1 is 1.33 bits per heavy atom. The van der Waals surface area contributed by atoms with Crippen molar-refractivity contribution in [1.82, 2.24) is 4.98 Å². The number of nitrogens with zero attached hydrogens (tertiary/aromatic N) is 2. The minimum atomic E-state index is -0.471. The van der Waals surface area contributed by atoms with Crippen LogP contribution in [0.5, 0.6) is 0 Å². The molecule has 0 aliphatic heterocycles. The number of thiazole rings is 1. The number of hydrogen-bond donors (Lipinski definition) is 2. The van der Waals surface area contributed by atoms with Gasteiger partial charge in [0.15, 0.2) is 11.6 Å². The average molecular weight is 385 g/mol. The number of fused-ring (bicyclic) bond motifs is 1. The number of nitro groups is 1. The lowest BCUT2D eigenvalue weighted by atomic mass is 10.2. The summed E-state index contributed by atoms with van der Waals surface area (Å²) in [5, 5.41) is 14.7. The van der Waals surface area contributed by atoms with E-state index in [1.54, 1.807) is 24.3 Å². The highest BCUT2D eigenvalue weighted by molar-refractivity contribution is 7.18. The van der Waals surface area contributed by atoms with E-state index in [0.717, 1.165) is 25.7 Å². The second-order valence-corrected chi connectivity index (χ2v) is 7.63. The summed E-state index contributed by atoms with van der Waals surface area (Å²) in [6.07, 6.45) is 0. The Kier molecular flexibility index (Phi) is 5.48. The fourth-order valence-electron chi connectivity index (χ4n) is 2.74. The number of non-ortho nitro benzene ring substituents is 1. The van der Waals surface area contributed by atoms with Crippen LogP contribution in [0.4, 0.5) is 11.4 Å². The third kappa shape index (κ3) is 4.29. The number of rotatable bonds is 6. The van der Waals surface area contributed by atoms with Gasteiger partial charge in [-0.2, -0.15) is 0 Å². The monoisotopic (exact) mass is 385 g/mol. The maximum absolute atomic E-state index is 12.4. The van der Waals surface area contributed by atoms with Gasteiger partial charge in [-0.3, -0.25) is 14.9 Å². The van der Waals surface area contributed by atoms with Crippen molar-refractivity contribution in [1.29, 1.82) is 0 Å². The number of nitrogens with one attached hydrogen (secondary N) is 2. The number of amides is 1. The number of hydrogen-bond acceptors (Lipinski definition) is 5. The van der Waals surface area contributed by atoms with E-state index in [9.17, 15) is 14.9 Å². The predicted octanol–water partition coefficient (Wildman–Crippen LogP) is 2.73. The van der Waals surface area contributed by atoms with Gasteiger partial charge < -0.3 is 10.2 Å². The molecule has 1 unspecified atom stereocenters. The summed E-state index contributed by atoms with van der Waals surface area (Å²) < 4.78 is 1.13. The number of carbonyl (C=O) groups is 1. The number of para-hydroxylation sites is 1. The van der Waals surface area contributed by atoms with Crippen molar-refractivity contribution in [3.8, 4) is 0 Å². The summed E-state index contributed by atoms with van der Waals surface area (Å²) in [7, 11) is 1.94. The first-order chi connectivity index (χ1) is 12.8. The molecule has 8 heteroatoms. The quantitative estimate of drug-likeness (QED) is 0.504. The first-order valence-corrected chi connectivity index (χ1v) is 9.39. The van der Waals surface area contributed by atoms with E-state index in [4.69, 9.17) is 0 Å². The molecule has 3 rings (SSSR count). The second kappa shape index (κ2) is 7.81. The first-order valence-electron chi connectivity index (χ1n) is 8.58. The summed E-state index contributed by atoms with van der Waals surface area (Å²) in [4.78, 5) is 28.6. The highest BCUT2D eigenvalue weighted by atomic mass is 32.1. The molecule has 0 aliphatic rings. The lowest BCUT2D eigenvalue weighted by Crippen LogP contribution is -3.10. The Bertz CT molecular complexity index is 969. The number of aromatic nitrogens is 1. The Hall–Kier alpha value is -2.84. The molecule has 2 atom stereocenters. The van der Waals surface area contributed by atoms with Gasteiger partial charge in [0.2, 0.25) is 0 Å². The van der Waals surface area contributed by atoms with Gasteiger partial charge in [-0.15, -0.1) is 11.3 Å². The molecule has 7 nitrogen and oxygen atoms in total. The van der Waals surface area contributed by atoms with E-state index in [1.807, 2.05) is 38.2 Å². The van der Waals surface area contributed by atoms with E-state index >= 15 is 0 Å². The van der Waals surface area contributed by atoms with Gasteiger partial charge in [0, 0.05) is 12.1 Å². The average Bonchev–Trinajstić information content (AvgIpc) is 3.06. The number of benzene rings is 2. The highest BCUT2D eigenvalue weighted by Gasteiger charge is 2.22. The zero-order valence-corrected chi connectivity index (χ0v) is 16.2. The molecule has 0 radical (unpaired) electrons. The van der Waals surface area contributed by atoms with Crippen LogP contribution in [0.3, 0.4) is 0 Å². The minimum absolute atomic E-state index is 0.0422. The molecule has 1 amide bonds. The van der Waals surface area contributed by atoms with E-state index in [-0.39, 0.29) is 24.2 Å². The molecule has 0 saturated carbocycles. The predicted molar refractivity (Wildman–Crippen MR) is 106 cm³/mol. The number of likely N-dealkylation sites (N-methyl/N-ethyl adjacent to an activating group) is 1. The number of anilines is 1. The van der Waals surface area contributed by atoms with Gasteiger partial charge in [0.05, 0.1) is 27.9 Å². The van der Waals surface area contributed by atoms with Crippen molar-refractivity contribution in [3.05, 3.63) is 63.1 Å². The Morgan fingerprint density at radius 2 is 2.07 bits per heavy atom. The van der Waals surface area contributed by atoms with Gasteiger partial charge >= 0.3 is 0 Å². The summed E-state index contributed by atoms with van der Waals surface area (Å²) in [6.45, 7) is 4.08. The van der Waals surface area contributed by atoms with Crippen LogP contribution in [0.2, 0.25) is 0 Å². The maximum Gasteiger partial charge on any atom is 0.279 e. The summed E-state index contributed by atoms with van der Waals surface area (Å²) in [5.74, 6) is -0.191. The van der Waals surface area contributed by atoms with Crippen molar-refractivity contribution in [3.63, 3.8) is 0 Å². The Morgan fingerprint density at radius 3 is 2.78 bits per heavy atom. The molecule has 2 aromatic carbocycles. The van der Waals surface area contributed by atoms with Gasteiger partial charge in [0.1, 0.15) is 6.04 Å².